The predicted octanol–water partition coefficient (Wildman–Crippen LogP) is 1.74. The number of carboxylic acid groups (broad SMARTS) is 3. The van der Waals surface area contributed by atoms with E-state index in [-0.39, 0.29) is 31.4 Å². The largest absolute Gasteiger partial charge is 0.480 e. The van der Waals surface area contributed by atoms with Crippen LogP contribution in [0.5, 0.6) is 11.5 Å². The number of nitrogens with one attached hydrogen (secondary N) is 1. The van der Waals surface area contributed by atoms with E-state index in [1.54, 1.807) is 0 Å². The molecule has 5 N–H and O–H groups in total. The van der Waals surface area contributed by atoms with E-state index in [4.69, 9.17) is 14.9 Å². The summed E-state index contributed by atoms with van der Waals surface area (Å²) in [4.78, 5) is 36.7. The van der Waals surface area contributed by atoms with Crippen molar-refractivity contribution in [3.05, 3.63) is 74.3 Å². The van der Waals surface area contributed by atoms with Gasteiger partial charge in [0.25, 0.3) is 10.1 Å². The molecule has 3 aromatic rings. The zero-order chi connectivity index (χ0) is 41.8. The smallest absolute Gasteiger partial charge is 0.320 e. The van der Waals surface area contributed by atoms with E-state index >= 15 is 0 Å². The van der Waals surface area contributed by atoms with Gasteiger partial charge in [0.2, 0.25) is 15.4 Å². The first kappa shape index (κ1) is 40.9. The number of aryl methyl sites for hydroxylation is 2. The molecule has 16 nitrogen and oxygen atoms in total. The Labute approximate surface area is 341 Å². The fourth-order valence-electron chi connectivity index (χ4n) is 9.73. The SMILES string of the molecule is O=C(O)CN(CC(=O)O)C(CCCCNS(=O)(=O)c1ccc(C2=c3cc4c5c(c3Oc3c2cc2c6c3CCCN6CCC2)CCC[N+]=5CCC4)c(S(=O)(=O)O)c1)C(=O)O. The zero-order valence-electron chi connectivity index (χ0n) is 32.4. The molecule has 0 aliphatic carbocycles. The van der Waals surface area contributed by atoms with Crippen molar-refractivity contribution in [2.45, 2.75) is 86.5 Å². The van der Waals surface area contributed by atoms with Crippen molar-refractivity contribution < 1.29 is 55.8 Å². The molecule has 8 rings (SSSR count). The highest BCUT2D eigenvalue weighted by Gasteiger charge is 2.37. The van der Waals surface area contributed by atoms with Crippen LogP contribution in [0.25, 0.3) is 5.57 Å². The fourth-order valence-corrected chi connectivity index (χ4v) is 11.6. The van der Waals surface area contributed by atoms with Gasteiger partial charge in [0.05, 0.1) is 23.5 Å². The molecule has 0 spiro atoms. The van der Waals surface area contributed by atoms with E-state index in [1.165, 1.54) is 23.2 Å². The molecule has 0 aromatic heterocycles. The standard InChI is InChI=1S/C41H46N4O12S2/c46-34(47)22-45(23-35(48)49)32(41(50)51)11-1-2-14-42-58(52,53)26-12-13-27(33(21-26)59(54,55)56)36-30-19-24-7-3-15-43-17-5-9-28(37(24)43)39(30)57-40-29-10-6-18-44-16-4-8-25(38(29)44)20-31(36)40/h12-13,19-21,32,42H,1-11,14-18,22-23H2,(H3-,46,47,48,49,50,51,54,55,56)/p+1. The van der Waals surface area contributed by atoms with E-state index < -0.39 is 67.0 Å². The lowest BCUT2D eigenvalue weighted by atomic mass is 9.82. The number of unbranched alkanes of at least 4 members (excludes halogenated alkanes) is 1. The number of nitrogens with zero attached hydrogens (tertiary/aromatic N) is 3. The van der Waals surface area contributed by atoms with Crippen molar-refractivity contribution in [1.82, 2.24) is 14.2 Å². The summed E-state index contributed by atoms with van der Waals surface area (Å²) in [7, 11) is -9.39. The van der Waals surface area contributed by atoms with Gasteiger partial charge in [-0.1, -0.05) is 6.07 Å². The van der Waals surface area contributed by atoms with Crippen molar-refractivity contribution in [2.24, 2.45) is 0 Å². The average molecular weight is 852 g/mol. The molecular formula is C41H47N4O12S2+. The Morgan fingerprint density at radius 2 is 1.49 bits per heavy atom. The molecule has 1 atom stereocenters. The normalized spacial score (nSPS) is 17.4. The number of sulfonamides is 1. The molecule has 0 bridgehead atoms. The summed E-state index contributed by atoms with van der Waals surface area (Å²) in [6, 6.07) is 6.42. The monoisotopic (exact) mass is 851 g/mol. The van der Waals surface area contributed by atoms with Gasteiger partial charge in [0.1, 0.15) is 35.5 Å². The van der Waals surface area contributed by atoms with Crippen LogP contribution in [0.4, 0.5) is 5.69 Å². The van der Waals surface area contributed by atoms with Crippen LogP contribution in [0.2, 0.25) is 0 Å². The Hall–Kier alpha value is -4.88. The van der Waals surface area contributed by atoms with E-state index in [9.17, 15) is 40.9 Å². The number of fused-ring (bicyclic) bond motifs is 4. The van der Waals surface area contributed by atoms with Gasteiger partial charge in [-0.2, -0.15) is 8.42 Å². The number of benzene rings is 3. The van der Waals surface area contributed by atoms with Gasteiger partial charge in [-0.25, -0.2) is 17.7 Å². The number of ether oxygens (including phenoxy) is 1. The van der Waals surface area contributed by atoms with Crippen molar-refractivity contribution in [3.8, 4) is 11.5 Å². The minimum atomic E-state index is -5.02. The third-order valence-corrected chi connectivity index (χ3v) is 14.4. The summed E-state index contributed by atoms with van der Waals surface area (Å²) < 4.78 is 76.8. The van der Waals surface area contributed by atoms with Crippen LogP contribution in [0, 0.1) is 0 Å². The van der Waals surface area contributed by atoms with Crippen molar-refractivity contribution >= 4 is 49.3 Å². The molecule has 59 heavy (non-hydrogen) atoms. The minimum Gasteiger partial charge on any atom is -0.480 e. The number of carboxylic acids is 3. The Balaban J connectivity index is 1.17. The first-order valence-corrected chi connectivity index (χ1v) is 23.0. The summed E-state index contributed by atoms with van der Waals surface area (Å²) >= 11 is 0. The van der Waals surface area contributed by atoms with Gasteiger partial charge in [-0.15, -0.1) is 0 Å². The van der Waals surface area contributed by atoms with Crippen molar-refractivity contribution in [3.63, 3.8) is 0 Å². The van der Waals surface area contributed by atoms with Gasteiger partial charge in [-0.05, 0) is 87.6 Å². The summed E-state index contributed by atoms with van der Waals surface area (Å²) in [6.45, 7) is 1.95. The number of anilines is 1. The highest BCUT2D eigenvalue weighted by Crippen LogP contribution is 2.49. The second-order valence-electron chi connectivity index (χ2n) is 15.9. The first-order valence-electron chi connectivity index (χ1n) is 20.1. The van der Waals surface area contributed by atoms with Crippen LogP contribution in [-0.4, -0.2) is 111 Å². The zero-order valence-corrected chi connectivity index (χ0v) is 34.0. The van der Waals surface area contributed by atoms with Crippen LogP contribution < -0.4 is 29.5 Å². The molecule has 3 aromatic carbocycles. The lowest BCUT2D eigenvalue weighted by Gasteiger charge is -2.39. The van der Waals surface area contributed by atoms with Crippen LogP contribution in [0.15, 0.2) is 40.1 Å². The molecule has 314 valence electrons. The van der Waals surface area contributed by atoms with Gasteiger partial charge in [0.15, 0.2) is 0 Å². The molecule has 0 saturated heterocycles. The third-order valence-electron chi connectivity index (χ3n) is 12.1. The maximum Gasteiger partial charge on any atom is 0.320 e. The molecule has 5 heterocycles. The summed E-state index contributed by atoms with van der Waals surface area (Å²) in [6.07, 6.45) is 7.08. The molecular weight excluding hydrogens is 805 g/mol. The highest BCUT2D eigenvalue weighted by atomic mass is 32.2. The first-order chi connectivity index (χ1) is 28.1. The number of carbonyl (C=O) groups is 3. The average Bonchev–Trinajstić information content (AvgIpc) is 3.18. The third kappa shape index (κ3) is 7.83. The molecule has 18 heteroatoms. The lowest BCUT2D eigenvalue weighted by molar-refractivity contribution is -0.149. The second kappa shape index (κ2) is 15.9. The molecule has 0 amide bonds. The number of aliphatic carboxylic acids is 3. The van der Waals surface area contributed by atoms with Gasteiger partial charge < -0.3 is 25.0 Å². The number of rotatable bonds is 15. The quantitative estimate of drug-likeness (QED) is 0.0652. The van der Waals surface area contributed by atoms with Crippen molar-refractivity contribution in [2.75, 3.05) is 50.7 Å². The number of hydrogen-bond donors (Lipinski definition) is 5. The Bertz CT molecular complexity index is 2620. The second-order valence-corrected chi connectivity index (χ2v) is 19.1. The van der Waals surface area contributed by atoms with Gasteiger partial charge >= 0.3 is 17.9 Å². The summed E-state index contributed by atoms with van der Waals surface area (Å²) in [5.74, 6) is -2.88. The van der Waals surface area contributed by atoms with Crippen molar-refractivity contribution in [1.29, 1.82) is 0 Å². The van der Waals surface area contributed by atoms with Gasteiger partial charge in [-0.3, -0.25) is 23.8 Å². The van der Waals surface area contributed by atoms with E-state index in [0.29, 0.717) is 27.9 Å². The number of hydrogen-bond acceptors (Lipinski definition) is 10. The Morgan fingerprint density at radius 1 is 0.814 bits per heavy atom. The van der Waals surface area contributed by atoms with Gasteiger partial charge in [0, 0.05) is 71.2 Å². The minimum absolute atomic E-state index is 0.0938. The fraction of sp³-hybridized carbons (Fsp3) is 0.463. The molecule has 1 unspecified atom stereocenters. The van der Waals surface area contributed by atoms with Crippen LogP contribution >= 0.6 is 0 Å². The van der Waals surface area contributed by atoms with E-state index in [2.05, 4.69) is 26.3 Å². The van der Waals surface area contributed by atoms with E-state index in [1.807, 2.05) is 0 Å². The lowest BCUT2D eigenvalue weighted by Crippen LogP contribution is -2.46. The summed E-state index contributed by atoms with van der Waals surface area (Å²) in [5, 5.41) is 29.9. The molecule has 0 saturated carbocycles. The van der Waals surface area contributed by atoms with E-state index in [0.717, 1.165) is 111 Å². The predicted molar refractivity (Wildman–Crippen MR) is 214 cm³/mol. The maximum absolute atomic E-state index is 13.7. The molecule has 5 aliphatic heterocycles. The highest BCUT2D eigenvalue weighted by molar-refractivity contribution is 7.89. The molecule has 5 aliphatic rings. The topological polar surface area (TPSA) is 231 Å². The molecule has 0 radical (unpaired) electrons. The van der Waals surface area contributed by atoms with Crippen LogP contribution in [-0.2, 0) is 60.2 Å². The van der Waals surface area contributed by atoms with Crippen LogP contribution in [0.1, 0.15) is 78.3 Å². The maximum atomic E-state index is 13.7. The molecule has 0 fully saturated rings. The summed E-state index contributed by atoms with van der Waals surface area (Å²) in [5.41, 5.74) is 7.02. The Morgan fingerprint density at radius 3 is 2.19 bits per heavy atom. The van der Waals surface area contributed by atoms with Crippen LogP contribution in [0.3, 0.4) is 0 Å². The Kier molecular flexibility index (Phi) is 11.1.